The van der Waals surface area contributed by atoms with Gasteiger partial charge in [-0.05, 0) is 37.6 Å². The average Bonchev–Trinajstić information content (AvgIpc) is 2.58. The summed E-state index contributed by atoms with van der Waals surface area (Å²) in [5, 5.41) is 6.62. The standard InChI is InChI=1S/C18H21ClN2O3/c1-11-9-15(17(24-4)10-13(11)19)20-12(2)18(22)21-14-7-5-6-8-16(14)23-3/h5-10,12,20H,1-4H3,(H,21,22). The van der Waals surface area contributed by atoms with E-state index < -0.39 is 6.04 Å². The maximum atomic E-state index is 12.4. The number of halogens is 1. The molecule has 0 saturated heterocycles. The predicted molar refractivity (Wildman–Crippen MR) is 97.4 cm³/mol. The minimum absolute atomic E-state index is 0.186. The van der Waals surface area contributed by atoms with E-state index in [0.717, 1.165) is 5.56 Å². The van der Waals surface area contributed by atoms with Crippen molar-refractivity contribution in [3.8, 4) is 11.5 Å². The van der Waals surface area contributed by atoms with Crippen molar-refractivity contribution in [2.24, 2.45) is 0 Å². The number of ether oxygens (including phenoxy) is 2. The highest BCUT2D eigenvalue weighted by molar-refractivity contribution is 6.31. The molecule has 1 amide bonds. The Morgan fingerprint density at radius 1 is 1.08 bits per heavy atom. The molecule has 24 heavy (non-hydrogen) atoms. The second-order valence-electron chi connectivity index (χ2n) is 5.36. The fraction of sp³-hybridized carbons (Fsp3) is 0.278. The van der Waals surface area contributed by atoms with Crippen LogP contribution in [0.2, 0.25) is 5.02 Å². The van der Waals surface area contributed by atoms with Gasteiger partial charge < -0.3 is 20.1 Å². The highest BCUT2D eigenvalue weighted by atomic mass is 35.5. The molecule has 0 aromatic heterocycles. The third-order valence-electron chi connectivity index (χ3n) is 3.61. The molecule has 6 heteroatoms. The number of anilines is 2. The van der Waals surface area contributed by atoms with Crippen molar-refractivity contribution in [3.05, 3.63) is 47.0 Å². The molecule has 0 bridgehead atoms. The zero-order valence-corrected chi connectivity index (χ0v) is 14.9. The van der Waals surface area contributed by atoms with Crippen LogP contribution in [0.5, 0.6) is 11.5 Å². The monoisotopic (exact) mass is 348 g/mol. The third kappa shape index (κ3) is 4.11. The molecular formula is C18H21ClN2O3. The maximum absolute atomic E-state index is 12.4. The Labute approximate surface area is 146 Å². The van der Waals surface area contributed by atoms with Gasteiger partial charge in [-0.15, -0.1) is 0 Å². The maximum Gasteiger partial charge on any atom is 0.246 e. The van der Waals surface area contributed by atoms with Gasteiger partial charge in [-0.3, -0.25) is 4.79 Å². The van der Waals surface area contributed by atoms with Gasteiger partial charge in [0.25, 0.3) is 0 Å². The number of rotatable bonds is 6. The molecule has 2 rings (SSSR count). The topological polar surface area (TPSA) is 59.6 Å². The molecule has 0 aliphatic carbocycles. The van der Waals surface area contributed by atoms with Gasteiger partial charge in [0.15, 0.2) is 0 Å². The second kappa shape index (κ2) is 7.93. The molecule has 2 N–H and O–H groups in total. The number of aryl methyl sites for hydroxylation is 1. The molecule has 0 spiro atoms. The fourth-order valence-electron chi connectivity index (χ4n) is 2.23. The summed E-state index contributed by atoms with van der Waals surface area (Å²) in [5.74, 6) is 1.01. The molecule has 0 heterocycles. The molecule has 0 fully saturated rings. The third-order valence-corrected chi connectivity index (χ3v) is 4.02. The first-order chi connectivity index (χ1) is 11.5. The van der Waals surface area contributed by atoms with E-state index in [2.05, 4.69) is 10.6 Å². The molecular weight excluding hydrogens is 328 g/mol. The highest BCUT2D eigenvalue weighted by Gasteiger charge is 2.17. The quantitative estimate of drug-likeness (QED) is 0.825. The van der Waals surface area contributed by atoms with Crippen LogP contribution in [0.25, 0.3) is 0 Å². The minimum atomic E-state index is -0.482. The Morgan fingerprint density at radius 3 is 2.42 bits per heavy atom. The number of para-hydroxylation sites is 2. The minimum Gasteiger partial charge on any atom is -0.495 e. The number of methoxy groups -OCH3 is 2. The Balaban J connectivity index is 2.13. The summed E-state index contributed by atoms with van der Waals surface area (Å²) in [4.78, 5) is 12.4. The van der Waals surface area contributed by atoms with Crippen LogP contribution >= 0.6 is 11.6 Å². The number of benzene rings is 2. The van der Waals surface area contributed by atoms with Crippen molar-refractivity contribution in [3.63, 3.8) is 0 Å². The van der Waals surface area contributed by atoms with Gasteiger partial charge in [-0.1, -0.05) is 23.7 Å². The summed E-state index contributed by atoms with van der Waals surface area (Å²) in [6.45, 7) is 3.67. The zero-order valence-electron chi connectivity index (χ0n) is 14.1. The van der Waals surface area contributed by atoms with E-state index in [1.807, 2.05) is 25.1 Å². The molecule has 0 aliphatic heterocycles. The molecule has 2 aromatic rings. The van der Waals surface area contributed by atoms with Crippen LogP contribution in [0.3, 0.4) is 0 Å². The van der Waals surface area contributed by atoms with Crippen LogP contribution in [0.15, 0.2) is 36.4 Å². The normalized spacial score (nSPS) is 11.5. The van der Waals surface area contributed by atoms with Crippen LogP contribution in [0.1, 0.15) is 12.5 Å². The number of nitrogens with one attached hydrogen (secondary N) is 2. The van der Waals surface area contributed by atoms with Gasteiger partial charge >= 0.3 is 0 Å². The number of carbonyl (C=O) groups excluding carboxylic acids is 1. The van der Waals surface area contributed by atoms with Gasteiger partial charge in [0.2, 0.25) is 5.91 Å². The lowest BCUT2D eigenvalue weighted by Crippen LogP contribution is -2.32. The lowest BCUT2D eigenvalue weighted by molar-refractivity contribution is -0.116. The number of hydrogen-bond acceptors (Lipinski definition) is 4. The Hall–Kier alpha value is -2.40. The molecule has 5 nitrogen and oxygen atoms in total. The lowest BCUT2D eigenvalue weighted by Gasteiger charge is -2.19. The molecule has 0 radical (unpaired) electrons. The number of amides is 1. The molecule has 1 unspecified atom stereocenters. The second-order valence-corrected chi connectivity index (χ2v) is 5.76. The van der Waals surface area contributed by atoms with Crippen molar-refractivity contribution in [2.75, 3.05) is 24.9 Å². The van der Waals surface area contributed by atoms with E-state index in [1.165, 1.54) is 0 Å². The smallest absolute Gasteiger partial charge is 0.246 e. The van der Waals surface area contributed by atoms with Crippen molar-refractivity contribution >= 4 is 28.9 Å². The summed E-state index contributed by atoms with van der Waals surface area (Å²) in [7, 11) is 3.12. The van der Waals surface area contributed by atoms with Gasteiger partial charge in [-0.2, -0.15) is 0 Å². The largest absolute Gasteiger partial charge is 0.495 e. The van der Waals surface area contributed by atoms with Gasteiger partial charge in [0.1, 0.15) is 17.5 Å². The van der Waals surface area contributed by atoms with Gasteiger partial charge in [0, 0.05) is 11.1 Å². The summed E-state index contributed by atoms with van der Waals surface area (Å²) in [5.41, 5.74) is 2.23. The summed E-state index contributed by atoms with van der Waals surface area (Å²) >= 11 is 6.10. The highest BCUT2D eigenvalue weighted by Crippen LogP contribution is 2.31. The number of hydrogen-bond donors (Lipinski definition) is 2. The molecule has 0 saturated carbocycles. The Bertz CT molecular complexity index is 734. The predicted octanol–water partition coefficient (Wildman–Crippen LogP) is 4.10. The molecule has 1 atom stereocenters. The molecule has 2 aromatic carbocycles. The van der Waals surface area contributed by atoms with Crippen molar-refractivity contribution < 1.29 is 14.3 Å². The van der Waals surface area contributed by atoms with Crippen LogP contribution in [-0.2, 0) is 4.79 Å². The van der Waals surface area contributed by atoms with E-state index >= 15 is 0 Å². The SMILES string of the molecule is COc1ccccc1NC(=O)C(C)Nc1cc(C)c(Cl)cc1OC. The van der Waals surface area contributed by atoms with Crippen LogP contribution in [0.4, 0.5) is 11.4 Å². The van der Waals surface area contributed by atoms with Crippen LogP contribution in [-0.4, -0.2) is 26.2 Å². The summed E-state index contributed by atoms with van der Waals surface area (Å²) < 4.78 is 10.6. The van der Waals surface area contributed by atoms with Crippen molar-refractivity contribution in [1.29, 1.82) is 0 Å². The van der Waals surface area contributed by atoms with Crippen molar-refractivity contribution in [1.82, 2.24) is 0 Å². The van der Waals surface area contributed by atoms with Gasteiger partial charge in [-0.25, -0.2) is 0 Å². The molecule has 0 aliphatic rings. The first kappa shape index (κ1) is 17.9. The fourth-order valence-corrected chi connectivity index (χ4v) is 2.39. The first-order valence-corrected chi connectivity index (χ1v) is 7.88. The first-order valence-electron chi connectivity index (χ1n) is 7.50. The van der Waals surface area contributed by atoms with Crippen LogP contribution < -0.4 is 20.1 Å². The Kier molecular flexibility index (Phi) is 5.93. The average molecular weight is 349 g/mol. The van der Waals surface area contributed by atoms with Crippen molar-refractivity contribution in [2.45, 2.75) is 19.9 Å². The Morgan fingerprint density at radius 2 is 1.75 bits per heavy atom. The number of carbonyl (C=O) groups is 1. The summed E-state index contributed by atoms with van der Waals surface area (Å²) in [6, 6.07) is 10.4. The van der Waals surface area contributed by atoms with E-state index in [4.69, 9.17) is 21.1 Å². The molecule has 128 valence electrons. The van der Waals surface area contributed by atoms with E-state index in [9.17, 15) is 4.79 Å². The van der Waals surface area contributed by atoms with Crippen LogP contribution in [0, 0.1) is 6.92 Å². The zero-order chi connectivity index (χ0) is 17.7. The van der Waals surface area contributed by atoms with E-state index in [1.54, 1.807) is 39.3 Å². The van der Waals surface area contributed by atoms with E-state index in [0.29, 0.717) is 27.9 Å². The van der Waals surface area contributed by atoms with Gasteiger partial charge in [0.05, 0.1) is 25.6 Å². The van der Waals surface area contributed by atoms with E-state index in [-0.39, 0.29) is 5.91 Å². The summed E-state index contributed by atoms with van der Waals surface area (Å²) in [6.07, 6.45) is 0. The lowest BCUT2D eigenvalue weighted by atomic mass is 10.2.